The average molecular weight is 681 g/mol. The van der Waals surface area contributed by atoms with Gasteiger partial charge in [-0.2, -0.15) is 26.3 Å². The van der Waals surface area contributed by atoms with Crippen LogP contribution >= 0.6 is 0 Å². The van der Waals surface area contributed by atoms with Gasteiger partial charge in [-0.25, -0.2) is 0 Å². The number of ether oxygens (including phenoxy) is 2. The maximum Gasteiger partial charge on any atom is 0.417 e. The van der Waals surface area contributed by atoms with Crippen molar-refractivity contribution in [2.24, 2.45) is 0 Å². The molecule has 0 aliphatic rings. The molecular formula is C40H26F6N2O2. The van der Waals surface area contributed by atoms with E-state index in [0.717, 1.165) is 33.7 Å². The lowest BCUT2D eigenvalue weighted by molar-refractivity contribution is -0.139. The SMILES string of the molecule is COc1ccc2c3ccccc3n(-c3ccc(C(F)(F)F)c(-c4cc(-n5c6ccccc6c6ccc(OC)cc65)ccc4C(F)(F)F)c3)c2c1. The number of benzene rings is 6. The Bertz CT molecular complexity index is 2430. The van der Waals surface area contributed by atoms with Gasteiger partial charge in [0.1, 0.15) is 11.5 Å². The van der Waals surface area contributed by atoms with Crippen molar-refractivity contribution in [3.8, 4) is 34.0 Å². The molecule has 0 N–H and O–H groups in total. The first-order chi connectivity index (χ1) is 24.0. The van der Waals surface area contributed by atoms with Crippen molar-refractivity contribution in [3.63, 3.8) is 0 Å². The number of fused-ring (bicyclic) bond motifs is 6. The highest BCUT2D eigenvalue weighted by atomic mass is 19.4. The molecule has 0 amide bonds. The summed E-state index contributed by atoms with van der Waals surface area (Å²) in [6.07, 6.45) is -9.92. The first-order valence-corrected chi connectivity index (χ1v) is 15.6. The minimum atomic E-state index is -4.96. The van der Waals surface area contributed by atoms with Gasteiger partial charge in [0.15, 0.2) is 0 Å². The Kier molecular flexibility index (Phi) is 7.11. The van der Waals surface area contributed by atoms with E-state index in [0.29, 0.717) is 33.6 Å². The van der Waals surface area contributed by atoms with Crippen LogP contribution in [-0.4, -0.2) is 23.4 Å². The number of aromatic nitrogens is 2. The standard InChI is InChI=1S/C40H26F6N2O2/c1-49-25-13-15-29-27-7-3-5-9-35(27)47(37(29)21-25)23-11-17-33(39(41,42)43)31(19-23)32-20-24(12-18-34(32)40(44,45)46)48-36-10-6-4-8-28(36)30-16-14-26(50-2)22-38(30)48/h3-22H,1-2H3. The van der Waals surface area contributed by atoms with Crippen LogP contribution in [0, 0.1) is 0 Å². The van der Waals surface area contributed by atoms with Crippen LogP contribution in [0.4, 0.5) is 26.3 Å². The normalized spacial score (nSPS) is 12.4. The number of hydrogen-bond donors (Lipinski definition) is 0. The molecule has 0 spiro atoms. The summed E-state index contributed by atoms with van der Waals surface area (Å²) >= 11 is 0. The Hall–Kier alpha value is -5.90. The Morgan fingerprint density at radius 3 is 1.18 bits per heavy atom. The van der Waals surface area contributed by atoms with Crippen LogP contribution in [0.25, 0.3) is 66.1 Å². The minimum Gasteiger partial charge on any atom is -0.497 e. The first-order valence-electron chi connectivity index (χ1n) is 15.6. The van der Waals surface area contributed by atoms with E-state index in [2.05, 4.69) is 0 Å². The van der Waals surface area contributed by atoms with Gasteiger partial charge in [0.25, 0.3) is 0 Å². The first kappa shape index (κ1) is 31.4. The van der Waals surface area contributed by atoms with Crippen LogP contribution in [0.3, 0.4) is 0 Å². The maximum absolute atomic E-state index is 14.8. The second-order valence-corrected chi connectivity index (χ2v) is 11.9. The van der Waals surface area contributed by atoms with Crippen LogP contribution in [-0.2, 0) is 12.4 Å². The zero-order valence-corrected chi connectivity index (χ0v) is 26.5. The molecule has 0 fully saturated rings. The summed E-state index contributed by atoms with van der Waals surface area (Å²) in [6, 6.07) is 32.1. The molecule has 0 bridgehead atoms. The molecule has 0 atom stereocenters. The van der Waals surface area contributed by atoms with E-state index in [1.54, 1.807) is 45.5 Å². The van der Waals surface area contributed by atoms with Crippen molar-refractivity contribution in [3.05, 3.63) is 132 Å². The Morgan fingerprint density at radius 2 is 0.800 bits per heavy atom. The Labute approximate surface area is 281 Å². The molecule has 4 nitrogen and oxygen atoms in total. The summed E-state index contributed by atoms with van der Waals surface area (Å²) in [5.41, 5.74) is -0.471. The van der Waals surface area contributed by atoms with Crippen molar-refractivity contribution in [2.45, 2.75) is 12.4 Å². The molecule has 0 unspecified atom stereocenters. The fraction of sp³-hybridized carbons (Fsp3) is 0.100. The molecule has 8 rings (SSSR count). The number of hydrogen-bond acceptors (Lipinski definition) is 2. The largest absolute Gasteiger partial charge is 0.497 e. The molecule has 2 aromatic heterocycles. The van der Waals surface area contributed by atoms with Gasteiger partial charge in [0.05, 0.1) is 47.4 Å². The molecule has 0 saturated heterocycles. The summed E-state index contributed by atoms with van der Waals surface area (Å²) in [4.78, 5) is 0. The van der Waals surface area contributed by atoms with E-state index < -0.39 is 34.6 Å². The topological polar surface area (TPSA) is 28.3 Å². The molecule has 250 valence electrons. The van der Waals surface area contributed by atoms with Crippen molar-refractivity contribution in [1.82, 2.24) is 9.13 Å². The molecule has 0 aliphatic heterocycles. The molecular weight excluding hydrogens is 654 g/mol. The monoisotopic (exact) mass is 680 g/mol. The van der Waals surface area contributed by atoms with Crippen molar-refractivity contribution < 1.29 is 35.8 Å². The second-order valence-electron chi connectivity index (χ2n) is 11.9. The van der Waals surface area contributed by atoms with Crippen molar-refractivity contribution in [1.29, 1.82) is 0 Å². The summed E-state index contributed by atoms with van der Waals surface area (Å²) in [5, 5.41) is 3.27. The van der Waals surface area contributed by atoms with E-state index in [1.807, 2.05) is 48.5 Å². The highest BCUT2D eigenvalue weighted by Crippen LogP contribution is 2.46. The highest BCUT2D eigenvalue weighted by molar-refractivity contribution is 6.10. The van der Waals surface area contributed by atoms with Crippen LogP contribution in [0.5, 0.6) is 11.5 Å². The third-order valence-corrected chi connectivity index (χ3v) is 9.19. The average Bonchev–Trinajstić information content (AvgIpc) is 3.62. The predicted molar refractivity (Wildman–Crippen MR) is 184 cm³/mol. The van der Waals surface area contributed by atoms with Gasteiger partial charge in [-0.1, -0.05) is 36.4 Å². The molecule has 8 aromatic rings. The third-order valence-electron chi connectivity index (χ3n) is 9.19. The van der Waals surface area contributed by atoms with Gasteiger partial charge >= 0.3 is 12.4 Å². The van der Waals surface area contributed by atoms with Crippen LogP contribution in [0.1, 0.15) is 11.1 Å². The molecule has 2 heterocycles. The van der Waals surface area contributed by atoms with Crippen LogP contribution in [0.15, 0.2) is 121 Å². The van der Waals surface area contributed by atoms with E-state index >= 15 is 0 Å². The predicted octanol–water partition coefficient (Wildman–Crippen LogP) is 11.6. The Balaban J connectivity index is 1.45. The smallest absolute Gasteiger partial charge is 0.417 e. The second kappa shape index (κ2) is 11.3. The van der Waals surface area contributed by atoms with Gasteiger partial charge in [-0.3, -0.25) is 0 Å². The van der Waals surface area contributed by atoms with E-state index in [-0.39, 0.29) is 11.4 Å². The fourth-order valence-corrected chi connectivity index (χ4v) is 6.99. The zero-order chi connectivity index (χ0) is 34.9. The maximum atomic E-state index is 14.8. The van der Waals surface area contributed by atoms with Crippen LogP contribution in [0.2, 0.25) is 0 Å². The summed E-state index contributed by atoms with van der Waals surface area (Å²) < 4.78 is 103. The fourth-order valence-electron chi connectivity index (χ4n) is 6.99. The number of para-hydroxylation sites is 2. The molecule has 0 radical (unpaired) electrons. The quantitative estimate of drug-likeness (QED) is 0.169. The molecule has 10 heteroatoms. The minimum absolute atomic E-state index is 0.257. The van der Waals surface area contributed by atoms with Gasteiger partial charge in [-0.05, 0) is 83.9 Å². The number of methoxy groups -OCH3 is 2. The molecule has 0 saturated carbocycles. The summed E-state index contributed by atoms with van der Waals surface area (Å²) in [5.74, 6) is 1.03. The van der Waals surface area contributed by atoms with Gasteiger partial charge in [-0.15, -0.1) is 0 Å². The molecule has 50 heavy (non-hydrogen) atoms. The lowest BCUT2D eigenvalue weighted by atomic mass is 9.93. The van der Waals surface area contributed by atoms with Crippen molar-refractivity contribution in [2.75, 3.05) is 14.2 Å². The lowest BCUT2D eigenvalue weighted by Crippen LogP contribution is -2.12. The zero-order valence-electron chi connectivity index (χ0n) is 26.5. The van der Waals surface area contributed by atoms with E-state index in [9.17, 15) is 26.3 Å². The highest BCUT2D eigenvalue weighted by Gasteiger charge is 2.39. The van der Waals surface area contributed by atoms with Crippen LogP contribution < -0.4 is 9.47 Å². The molecule has 0 aliphatic carbocycles. The van der Waals surface area contributed by atoms with E-state index in [4.69, 9.17) is 9.47 Å². The number of rotatable bonds is 5. The summed E-state index contributed by atoms with van der Waals surface area (Å²) in [6.45, 7) is 0. The number of halogens is 6. The number of alkyl halides is 6. The molecule has 6 aromatic carbocycles. The lowest BCUT2D eigenvalue weighted by Gasteiger charge is -2.21. The van der Waals surface area contributed by atoms with Gasteiger partial charge < -0.3 is 18.6 Å². The van der Waals surface area contributed by atoms with Gasteiger partial charge in [0.2, 0.25) is 0 Å². The third kappa shape index (κ3) is 4.93. The summed E-state index contributed by atoms with van der Waals surface area (Å²) in [7, 11) is 3.01. The van der Waals surface area contributed by atoms with Crippen molar-refractivity contribution >= 4 is 43.6 Å². The van der Waals surface area contributed by atoms with E-state index in [1.165, 1.54) is 38.5 Å². The number of nitrogens with zero attached hydrogens (tertiary/aromatic N) is 2. The Morgan fingerprint density at radius 1 is 0.420 bits per heavy atom. The van der Waals surface area contributed by atoms with Gasteiger partial charge in [0, 0.05) is 45.1 Å².